The standard InChI is InChI=1S/C16H12BrN5O5/c17-11-7-19-21(8-11)9-13-2-4-15(27-13)16(24)20-18-6-10-5-12(22(25)26)1-3-14(10)23/h1-8,23H,9H2,(H,20,24)/b18-6-. The number of carbonyl (C=O) groups excluding carboxylic acids is 1. The van der Waals surface area contributed by atoms with Crippen molar-refractivity contribution in [2.75, 3.05) is 0 Å². The van der Waals surface area contributed by atoms with E-state index in [0.29, 0.717) is 12.3 Å². The van der Waals surface area contributed by atoms with Crippen LogP contribution in [0, 0.1) is 10.1 Å². The number of nitrogens with one attached hydrogen (secondary N) is 1. The Labute approximate surface area is 160 Å². The summed E-state index contributed by atoms with van der Waals surface area (Å²) in [7, 11) is 0. The second kappa shape index (κ2) is 7.83. The maximum atomic E-state index is 12.0. The number of amides is 1. The summed E-state index contributed by atoms with van der Waals surface area (Å²) in [6, 6.07) is 6.60. The third kappa shape index (κ3) is 4.58. The molecule has 11 heteroatoms. The van der Waals surface area contributed by atoms with E-state index in [0.717, 1.165) is 22.8 Å². The van der Waals surface area contributed by atoms with Crippen LogP contribution in [-0.4, -0.2) is 31.9 Å². The molecule has 0 aliphatic heterocycles. The van der Waals surface area contributed by atoms with Crippen molar-refractivity contribution in [1.82, 2.24) is 15.2 Å². The van der Waals surface area contributed by atoms with Crippen molar-refractivity contribution >= 4 is 33.7 Å². The number of hydrogen-bond acceptors (Lipinski definition) is 7. The van der Waals surface area contributed by atoms with Crippen LogP contribution < -0.4 is 5.43 Å². The van der Waals surface area contributed by atoms with Crippen molar-refractivity contribution in [3.8, 4) is 5.75 Å². The lowest BCUT2D eigenvalue weighted by Crippen LogP contribution is -2.16. The predicted octanol–water partition coefficient (Wildman–Crippen LogP) is 2.66. The number of nitro benzene ring substituents is 1. The van der Waals surface area contributed by atoms with Crippen molar-refractivity contribution in [1.29, 1.82) is 0 Å². The first-order chi connectivity index (χ1) is 12.9. The number of phenolic OH excluding ortho intramolecular Hbond substituents is 1. The van der Waals surface area contributed by atoms with E-state index in [1.165, 1.54) is 12.1 Å². The van der Waals surface area contributed by atoms with Gasteiger partial charge in [0.15, 0.2) is 5.76 Å². The van der Waals surface area contributed by atoms with Gasteiger partial charge in [0.1, 0.15) is 11.5 Å². The van der Waals surface area contributed by atoms with Gasteiger partial charge in [0.2, 0.25) is 0 Å². The van der Waals surface area contributed by atoms with Gasteiger partial charge >= 0.3 is 5.91 Å². The molecule has 0 unspecified atom stereocenters. The summed E-state index contributed by atoms with van der Waals surface area (Å²) in [6.07, 6.45) is 4.50. The largest absolute Gasteiger partial charge is 0.507 e. The van der Waals surface area contributed by atoms with Crippen molar-refractivity contribution in [2.24, 2.45) is 5.10 Å². The van der Waals surface area contributed by atoms with Gasteiger partial charge in [-0.15, -0.1) is 0 Å². The number of non-ortho nitro benzene ring substituents is 1. The van der Waals surface area contributed by atoms with Crippen LogP contribution >= 0.6 is 15.9 Å². The third-order valence-electron chi connectivity index (χ3n) is 3.40. The first-order valence-corrected chi connectivity index (χ1v) is 8.29. The van der Waals surface area contributed by atoms with Crippen LogP contribution in [0.5, 0.6) is 5.75 Å². The Morgan fingerprint density at radius 3 is 2.96 bits per heavy atom. The molecule has 27 heavy (non-hydrogen) atoms. The van der Waals surface area contributed by atoms with Crippen LogP contribution in [0.2, 0.25) is 0 Å². The second-order valence-corrected chi connectivity index (χ2v) is 6.24. The number of aromatic nitrogens is 2. The molecule has 0 saturated heterocycles. The van der Waals surface area contributed by atoms with E-state index in [2.05, 4.69) is 31.6 Å². The van der Waals surface area contributed by atoms with Crippen molar-refractivity contribution in [2.45, 2.75) is 6.54 Å². The van der Waals surface area contributed by atoms with E-state index >= 15 is 0 Å². The summed E-state index contributed by atoms with van der Waals surface area (Å²) in [4.78, 5) is 22.2. The molecule has 0 atom stereocenters. The highest BCUT2D eigenvalue weighted by Crippen LogP contribution is 2.21. The molecule has 0 bridgehead atoms. The summed E-state index contributed by atoms with van der Waals surface area (Å²) in [5, 5.41) is 28.2. The van der Waals surface area contributed by atoms with E-state index in [1.807, 2.05) is 0 Å². The normalized spacial score (nSPS) is 11.0. The van der Waals surface area contributed by atoms with Crippen LogP contribution in [0.1, 0.15) is 21.9 Å². The van der Waals surface area contributed by atoms with Crippen LogP contribution in [0.25, 0.3) is 0 Å². The van der Waals surface area contributed by atoms with Crippen molar-refractivity contribution < 1.29 is 19.2 Å². The first-order valence-electron chi connectivity index (χ1n) is 7.50. The molecule has 1 aromatic carbocycles. The molecule has 2 N–H and O–H groups in total. The molecule has 0 fully saturated rings. The predicted molar refractivity (Wildman–Crippen MR) is 97.6 cm³/mol. The second-order valence-electron chi connectivity index (χ2n) is 5.32. The highest BCUT2D eigenvalue weighted by Gasteiger charge is 2.12. The summed E-state index contributed by atoms with van der Waals surface area (Å²) in [5.74, 6) is -0.249. The Morgan fingerprint density at radius 2 is 2.26 bits per heavy atom. The summed E-state index contributed by atoms with van der Waals surface area (Å²) in [5.41, 5.74) is 2.12. The summed E-state index contributed by atoms with van der Waals surface area (Å²) < 4.78 is 7.89. The molecule has 2 aromatic heterocycles. The molecule has 3 rings (SSSR count). The van der Waals surface area contributed by atoms with Gasteiger partial charge in [-0.3, -0.25) is 19.6 Å². The Kier molecular flexibility index (Phi) is 5.31. The Hall–Kier alpha value is -3.47. The van der Waals surface area contributed by atoms with E-state index in [4.69, 9.17) is 4.42 Å². The Bertz CT molecular complexity index is 1030. The van der Waals surface area contributed by atoms with E-state index < -0.39 is 10.8 Å². The Balaban J connectivity index is 1.63. The number of aromatic hydroxyl groups is 1. The van der Waals surface area contributed by atoms with Gasteiger partial charge in [-0.25, -0.2) is 5.43 Å². The van der Waals surface area contributed by atoms with E-state index in [1.54, 1.807) is 23.1 Å². The molecular formula is C16H12BrN5O5. The number of nitrogens with zero attached hydrogens (tertiary/aromatic N) is 4. The van der Waals surface area contributed by atoms with Gasteiger partial charge in [0.05, 0.1) is 28.4 Å². The van der Waals surface area contributed by atoms with Gasteiger partial charge in [0, 0.05) is 23.9 Å². The van der Waals surface area contributed by atoms with Crippen molar-refractivity contribution in [3.05, 3.63) is 74.4 Å². The highest BCUT2D eigenvalue weighted by atomic mass is 79.9. The number of carbonyl (C=O) groups is 1. The maximum absolute atomic E-state index is 12.0. The summed E-state index contributed by atoms with van der Waals surface area (Å²) in [6.45, 7) is 0.351. The molecule has 1 amide bonds. The average molecular weight is 434 g/mol. The number of hydrogen-bond donors (Lipinski definition) is 2. The molecule has 0 aliphatic rings. The van der Waals surface area contributed by atoms with Crippen LogP contribution in [0.15, 0.2) is 56.7 Å². The fraction of sp³-hybridized carbons (Fsp3) is 0.0625. The molecule has 3 aromatic rings. The van der Waals surface area contributed by atoms with Gasteiger partial charge in [-0.2, -0.15) is 10.2 Å². The fourth-order valence-electron chi connectivity index (χ4n) is 2.14. The zero-order valence-corrected chi connectivity index (χ0v) is 15.2. The average Bonchev–Trinajstić information content (AvgIpc) is 3.25. The molecule has 10 nitrogen and oxygen atoms in total. The lowest BCUT2D eigenvalue weighted by molar-refractivity contribution is -0.384. The lowest BCUT2D eigenvalue weighted by Gasteiger charge is -2.00. The number of rotatable bonds is 6. The van der Waals surface area contributed by atoms with Crippen LogP contribution in [0.4, 0.5) is 5.69 Å². The summed E-state index contributed by atoms with van der Waals surface area (Å²) >= 11 is 3.29. The van der Waals surface area contributed by atoms with E-state index in [-0.39, 0.29) is 22.8 Å². The zero-order chi connectivity index (χ0) is 19.4. The number of furan rings is 1. The Morgan fingerprint density at radius 1 is 1.44 bits per heavy atom. The monoisotopic (exact) mass is 433 g/mol. The van der Waals surface area contributed by atoms with E-state index in [9.17, 15) is 20.0 Å². The molecule has 138 valence electrons. The van der Waals surface area contributed by atoms with Crippen molar-refractivity contribution in [3.63, 3.8) is 0 Å². The van der Waals surface area contributed by atoms with Crippen LogP contribution in [-0.2, 0) is 6.54 Å². The number of benzene rings is 1. The minimum atomic E-state index is -0.607. The van der Waals surface area contributed by atoms with Gasteiger partial charge in [-0.1, -0.05) is 0 Å². The minimum Gasteiger partial charge on any atom is -0.507 e. The van der Waals surface area contributed by atoms with Gasteiger partial charge in [0.25, 0.3) is 5.69 Å². The van der Waals surface area contributed by atoms with Crippen LogP contribution in [0.3, 0.4) is 0 Å². The smallest absolute Gasteiger partial charge is 0.307 e. The minimum absolute atomic E-state index is 0.0386. The molecule has 0 spiro atoms. The quantitative estimate of drug-likeness (QED) is 0.348. The number of halogens is 1. The lowest BCUT2D eigenvalue weighted by atomic mass is 10.2. The topological polar surface area (TPSA) is 136 Å². The maximum Gasteiger partial charge on any atom is 0.307 e. The highest BCUT2D eigenvalue weighted by molar-refractivity contribution is 9.10. The third-order valence-corrected chi connectivity index (χ3v) is 3.81. The zero-order valence-electron chi connectivity index (χ0n) is 13.6. The molecule has 0 aliphatic carbocycles. The number of nitro groups is 1. The SMILES string of the molecule is O=C(N/N=C\c1cc([N+](=O)[O-])ccc1O)c1ccc(Cn2cc(Br)cn2)o1. The van der Waals surface area contributed by atoms with Gasteiger partial charge in [-0.05, 0) is 34.1 Å². The molecule has 0 radical (unpaired) electrons. The number of phenols is 1. The molecular weight excluding hydrogens is 422 g/mol. The molecule has 2 heterocycles. The fourth-order valence-corrected chi connectivity index (χ4v) is 2.47. The number of hydrazone groups is 1. The molecule has 0 saturated carbocycles. The van der Waals surface area contributed by atoms with Gasteiger partial charge < -0.3 is 9.52 Å². The first kappa shape index (κ1) is 18.3.